The zero-order valence-corrected chi connectivity index (χ0v) is 10.5. The highest BCUT2D eigenvalue weighted by Crippen LogP contribution is 2.17. The second-order valence-electron chi connectivity index (χ2n) is 4.09. The van der Waals surface area contributed by atoms with Crippen LogP contribution in [0.2, 0.25) is 0 Å². The zero-order chi connectivity index (χ0) is 12.7. The number of pyridine rings is 1. The van der Waals surface area contributed by atoms with Gasteiger partial charge in [0.05, 0.1) is 6.61 Å². The molecule has 1 N–H and O–H groups in total. The van der Waals surface area contributed by atoms with Crippen LogP contribution in [-0.4, -0.2) is 36.1 Å². The van der Waals surface area contributed by atoms with E-state index in [0.29, 0.717) is 12.1 Å². The molecule has 0 aliphatic rings. The first-order chi connectivity index (χ1) is 8.22. The fourth-order valence-electron chi connectivity index (χ4n) is 1.78. The molecule has 0 aliphatic carbocycles. The van der Waals surface area contributed by atoms with E-state index in [4.69, 9.17) is 5.11 Å². The third-order valence-electron chi connectivity index (χ3n) is 2.66. The van der Waals surface area contributed by atoms with Crippen LogP contribution in [0, 0.1) is 6.92 Å². The standard InChI is InChI=1S/C13H20N2O2/c1-3-4-5-15(6-7-16)13-11(2)8-12(10-17)9-14-13/h8-10,16H,3-7H2,1-2H3. The predicted molar refractivity (Wildman–Crippen MR) is 68.6 cm³/mol. The van der Waals surface area contributed by atoms with E-state index in [9.17, 15) is 4.79 Å². The molecule has 0 unspecified atom stereocenters. The first-order valence-corrected chi connectivity index (χ1v) is 6.00. The SMILES string of the molecule is CCCCN(CCO)c1ncc(C=O)cc1C. The molecule has 0 bridgehead atoms. The zero-order valence-electron chi connectivity index (χ0n) is 10.5. The summed E-state index contributed by atoms with van der Waals surface area (Å²) in [5.74, 6) is 0.859. The lowest BCUT2D eigenvalue weighted by Crippen LogP contribution is -2.29. The van der Waals surface area contributed by atoms with Crippen molar-refractivity contribution in [3.8, 4) is 0 Å². The molecule has 0 aromatic carbocycles. The third-order valence-corrected chi connectivity index (χ3v) is 2.66. The molecule has 1 heterocycles. The van der Waals surface area contributed by atoms with Crippen molar-refractivity contribution in [2.24, 2.45) is 0 Å². The number of carbonyl (C=O) groups excluding carboxylic acids is 1. The summed E-state index contributed by atoms with van der Waals surface area (Å²) >= 11 is 0. The highest BCUT2D eigenvalue weighted by molar-refractivity contribution is 5.75. The van der Waals surface area contributed by atoms with Crippen LogP contribution in [0.1, 0.15) is 35.7 Å². The van der Waals surface area contributed by atoms with Gasteiger partial charge in [0.15, 0.2) is 6.29 Å². The predicted octanol–water partition coefficient (Wildman–Crippen LogP) is 1.80. The van der Waals surface area contributed by atoms with Crippen LogP contribution in [0.15, 0.2) is 12.3 Å². The molecule has 1 rings (SSSR count). The van der Waals surface area contributed by atoms with Gasteiger partial charge in [0.1, 0.15) is 5.82 Å². The molecule has 4 heteroatoms. The van der Waals surface area contributed by atoms with E-state index in [2.05, 4.69) is 16.8 Å². The average molecular weight is 236 g/mol. The Morgan fingerprint density at radius 3 is 2.76 bits per heavy atom. The second-order valence-corrected chi connectivity index (χ2v) is 4.09. The largest absolute Gasteiger partial charge is 0.395 e. The quantitative estimate of drug-likeness (QED) is 0.733. The summed E-state index contributed by atoms with van der Waals surface area (Å²) in [7, 11) is 0. The molecule has 0 spiro atoms. The topological polar surface area (TPSA) is 53.4 Å². The molecule has 0 atom stereocenters. The summed E-state index contributed by atoms with van der Waals surface area (Å²) in [6.45, 7) is 5.64. The molecule has 0 radical (unpaired) electrons. The number of unbranched alkanes of at least 4 members (excludes halogenated alkanes) is 1. The maximum Gasteiger partial charge on any atom is 0.151 e. The van der Waals surface area contributed by atoms with Crippen LogP contribution >= 0.6 is 0 Å². The molecule has 4 nitrogen and oxygen atoms in total. The van der Waals surface area contributed by atoms with Gasteiger partial charge in [0.2, 0.25) is 0 Å². The Labute approximate surface area is 102 Å². The van der Waals surface area contributed by atoms with E-state index in [1.165, 1.54) is 0 Å². The molecule has 17 heavy (non-hydrogen) atoms. The number of aliphatic hydroxyl groups excluding tert-OH is 1. The van der Waals surface area contributed by atoms with Gasteiger partial charge in [-0.25, -0.2) is 4.98 Å². The van der Waals surface area contributed by atoms with E-state index in [-0.39, 0.29) is 6.61 Å². The number of aryl methyl sites for hydroxylation is 1. The van der Waals surface area contributed by atoms with Gasteiger partial charge in [-0.1, -0.05) is 13.3 Å². The lowest BCUT2D eigenvalue weighted by Gasteiger charge is -2.24. The molecule has 1 aromatic rings. The molecular formula is C13H20N2O2. The number of aldehydes is 1. The highest BCUT2D eigenvalue weighted by Gasteiger charge is 2.10. The summed E-state index contributed by atoms with van der Waals surface area (Å²) < 4.78 is 0. The van der Waals surface area contributed by atoms with Gasteiger partial charge in [-0.05, 0) is 25.0 Å². The van der Waals surface area contributed by atoms with E-state index in [1.807, 2.05) is 13.0 Å². The number of rotatable bonds is 7. The Morgan fingerprint density at radius 2 is 2.24 bits per heavy atom. The van der Waals surface area contributed by atoms with Crippen LogP contribution in [-0.2, 0) is 0 Å². The van der Waals surface area contributed by atoms with E-state index < -0.39 is 0 Å². The number of nitrogens with zero attached hydrogens (tertiary/aromatic N) is 2. The molecule has 0 saturated carbocycles. The molecular weight excluding hydrogens is 216 g/mol. The van der Waals surface area contributed by atoms with E-state index in [0.717, 1.165) is 37.1 Å². The smallest absolute Gasteiger partial charge is 0.151 e. The van der Waals surface area contributed by atoms with E-state index in [1.54, 1.807) is 6.20 Å². The van der Waals surface area contributed by atoms with Gasteiger partial charge < -0.3 is 10.0 Å². The Morgan fingerprint density at radius 1 is 1.47 bits per heavy atom. The Hall–Kier alpha value is -1.42. The van der Waals surface area contributed by atoms with Gasteiger partial charge in [0, 0.05) is 24.8 Å². The summed E-state index contributed by atoms with van der Waals surface area (Å²) in [5.41, 5.74) is 1.56. The number of aliphatic hydroxyl groups is 1. The Bertz CT molecular complexity index is 366. The molecule has 94 valence electrons. The first-order valence-electron chi connectivity index (χ1n) is 6.00. The van der Waals surface area contributed by atoms with Gasteiger partial charge in [-0.15, -0.1) is 0 Å². The van der Waals surface area contributed by atoms with Crippen molar-refractivity contribution in [1.29, 1.82) is 0 Å². The van der Waals surface area contributed by atoms with Crippen LogP contribution in [0.3, 0.4) is 0 Å². The van der Waals surface area contributed by atoms with Crippen molar-refractivity contribution >= 4 is 12.1 Å². The number of hydrogen-bond donors (Lipinski definition) is 1. The maximum absolute atomic E-state index is 10.6. The molecule has 1 aromatic heterocycles. The van der Waals surface area contributed by atoms with Crippen molar-refractivity contribution in [2.75, 3.05) is 24.6 Å². The van der Waals surface area contributed by atoms with E-state index >= 15 is 0 Å². The third kappa shape index (κ3) is 3.82. The number of aromatic nitrogens is 1. The fourth-order valence-corrected chi connectivity index (χ4v) is 1.78. The van der Waals surface area contributed by atoms with Gasteiger partial charge in [-0.2, -0.15) is 0 Å². The van der Waals surface area contributed by atoms with Crippen molar-refractivity contribution in [1.82, 2.24) is 4.98 Å². The second kappa shape index (κ2) is 7.01. The number of hydrogen-bond acceptors (Lipinski definition) is 4. The lowest BCUT2D eigenvalue weighted by molar-refractivity contribution is 0.112. The molecule has 0 aliphatic heterocycles. The minimum absolute atomic E-state index is 0.111. The van der Waals surface area contributed by atoms with Gasteiger partial charge in [-0.3, -0.25) is 4.79 Å². The normalized spacial score (nSPS) is 10.3. The number of carbonyl (C=O) groups is 1. The minimum atomic E-state index is 0.111. The van der Waals surface area contributed by atoms with Crippen molar-refractivity contribution < 1.29 is 9.90 Å². The van der Waals surface area contributed by atoms with Crippen LogP contribution in [0.4, 0.5) is 5.82 Å². The van der Waals surface area contributed by atoms with Gasteiger partial charge in [0.25, 0.3) is 0 Å². The average Bonchev–Trinajstić information content (AvgIpc) is 2.34. The summed E-state index contributed by atoms with van der Waals surface area (Å²) in [6.07, 6.45) is 4.54. The molecule has 0 amide bonds. The Balaban J connectivity index is 2.88. The number of anilines is 1. The maximum atomic E-state index is 10.6. The fraction of sp³-hybridized carbons (Fsp3) is 0.538. The molecule has 0 fully saturated rings. The highest BCUT2D eigenvalue weighted by atomic mass is 16.3. The van der Waals surface area contributed by atoms with Crippen molar-refractivity contribution in [3.05, 3.63) is 23.4 Å². The minimum Gasteiger partial charge on any atom is -0.395 e. The summed E-state index contributed by atoms with van der Waals surface area (Å²) in [4.78, 5) is 17.0. The monoisotopic (exact) mass is 236 g/mol. The Kier molecular flexibility index (Phi) is 5.63. The van der Waals surface area contributed by atoms with Crippen molar-refractivity contribution in [2.45, 2.75) is 26.7 Å². The molecule has 0 saturated heterocycles. The van der Waals surface area contributed by atoms with Gasteiger partial charge >= 0.3 is 0 Å². The summed E-state index contributed by atoms with van der Waals surface area (Å²) in [5, 5.41) is 9.06. The van der Waals surface area contributed by atoms with Crippen LogP contribution < -0.4 is 4.90 Å². The van der Waals surface area contributed by atoms with Crippen LogP contribution in [0.25, 0.3) is 0 Å². The first kappa shape index (κ1) is 13.6. The lowest BCUT2D eigenvalue weighted by atomic mass is 10.2. The van der Waals surface area contributed by atoms with Crippen molar-refractivity contribution in [3.63, 3.8) is 0 Å². The van der Waals surface area contributed by atoms with Crippen LogP contribution in [0.5, 0.6) is 0 Å². The summed E-state index contributed by atoms with van der Waals surface area (Å²) in [6, 6.07) is 1.83.